The minimum atomic E-state index is -4.74. The van der Waals surface area contributed by atoms with Crippen LogP contribution >= 0.6 is 69.6 Å². The number of fused-ring (bicyclic) bond motifs is 1. The van der Waals surface area contributed by atoms with Gasteiger partial charge in [0, 0.05) is 5.39 Å². The second-order valence-corrected chi connectivity index (χ2v) is 13.3. The van der Waals surface area contributed by atoms with Gasteiger partial charge in [0.2, 0.25) is 10.0 Å². The molecule has 0 saturated carbocycles. The largest absolute Gasteiger partial charge is 0.508 e. The minimum Gasteiger partial charge on any atom is -0.508 e. The molecule has 0 aromatic heterocycles. The summed E-state index contributed by atoms with van der Waals surface area (Å²) in [7, 11) is -9.09. The van der Waals surface area contributed by atoms with Crippen LogP contribution in [0.4, 0.5) is 11.4 Å². The molecule has 0 unspecified atom stereocenters. The molecule has 3 N–H and O–H groups in total. The molecule has 194 valence electrons. The zero-order chi connectivity index (χ0) is 27.4. The molecule has 0 aliphatic heterocycles. The van der Waals surface area contributed by atoms with Crippen molar-refractivity contribution >= 4 is 112 Å². The van der Waals surface area contributed by atoms with Gasteiger partial charge in [0.1, 0.15) is 5.75 Å². The van der Waals surface area contributed by atoms with E-state index in [2.05, 4.69) is 0 Å². The number of primary sulfonamides is 1. The third-order valence-corrected chi connectivity index (χ3v) is 10.2. The van der Waals surface area contributed by atoms with Crippen molar-refractivity contribution < 1.29 is 21.9 Å². The summed E-state index contributed by atoms with van der Waals surface area (Å²) in [6.07, 6.45) is 0. The molecule has 0 spiro atoms. The van der Waals surface area contributed by atoms with E-state index in [0.717, 1.165) is 16.4 Å². The highest BCUT2D eigenvalue weighted by molar-refractivity contribution is 7.93. The number of hydrogen-bond donors (Lipinski definition) is 2. The van der Waals surface area contributed by atoms with E-state index in [-0.39, 0.29) is 58.0 Å². The van der Waals surface area contributed by atoms with Crippen molar-refractivity contribution in [2.75, 3.05) is 4.31 Å². The average molecular weight is 661 g/mol. The Balaban J connectivity index is 2.15. The highest BCUT2D eigenvalue weighted by Crippen LogP contribution is 2.44. The maximum atomic E-state index is 14.3. The van der Waals surface area contributed by atoms with Crippen LogP contribution in [0.25, 0.3) is 10.8 Å². The number of nitrogens with two attached hydrogens (primary N) is 1. The second kappa shape index (κ2) is 10.1. The third kappa shape index (κ3) is 5.43. The van der Waals surface area contributed by atoms with Gasteiger partial charge in [-0.3, -0.25) is 0 Å². The molecular weight excluding hydrogens is 649 g/mol. The van der Waals surface area contributed by atoms with Gasteiger partial charge < -0.3 is 5.11 Å². The molecule has 7 nitrogen and oxygen atoms in total. The number of anilines is 2. The van der Waals surface area contributed by atoms with E-state index >= 15 is 0 Å². The van der Waals surface area contributed by atoms with E-state index < -0.39 is 29.8 Å². The van der Waals surface area contributed by atoms with Crippen LogP contribution in [0.5, 0.6) is 5.75 Å². The normalized spacial score (nSPS) is 12.2. The van der Waals surface area contributed by atoms with Crippen molar-refractivity contribution in [1.82, 2.24) is 0 Å². The summed E-state index contributed by atoms with van der Waals surface area (Å²) in [4.78, 5) is -1.00. The molecule has 4 aromatic rings. The molecule has 0 atom stereocenters. The van der Waals surface area contributed by atoms with E-state index in [1.807, 2.05) is 0 Å². The number of phenolic OH excluding ortho intramolecular Hbond substituents is 1. The van der Waals surface area contributed by atoms with Crippen molar-refractivity contribution in [1.29, 1.82) is 0 Å². The van der Waals surface area contributed by atoms with Gasteiger partial charge in [-0.15, -0.1) is 0 Å². The van der Waals surface area contributed by atoms with Gasteiger partial charge in [0.25, 0.3) is 10.0 Å². The Labute approximate surface area is 241 Å². The number of phenols is 1. The molecule has 0 aliphatic rings. The first-order valence-corrected chi connectivity index (χ1v) is 15.0. The Morgan fingerprint density at radius 2 is 1.14 bits per heavy atom. The Bertz CT molecular complexity index is 1710. The van der Waals surface area contributed by atoms with E-state index in [9.17, 15) is 21.9 Å². The first-order valence-electron chi connectivity index (χ1n) is 9.75. The van der Waals surface area contributed by atoms with Crippen LogP contribution in [0.15, 0.2) is 64.4 Å². The van der Waals surface area contributed by atoms with Crippen molar-refractivity contribution in [2.24, 2.45) is 5.14 Å². The predicted molar refractivity (Wildman–Crippen MR) is 149 cm³/mol. The van der Waals surface area contributed by atoms with Gasteiger partial charge in [-0.1, -0.05) is 75.7 Å². The van der Waals surface area contributed by atoms with Gasteiger partial charge >= 0.3 is 0 Å². The third-order valence-electron chi connectivity index (χ3n) is 5.13. The topological polar surface area (TPSA) is 118 Å². The van der Waals surface area contributed by atoms with Crippen molar-refractivity contribution in [3.8, 4) is 5.75 Å². The lowest BCUT2D eigenvalue weighted by Crippen LogP contribution is -2.27. The van der Waals surface area contributed by atoms with Gasteiger partial charge in [-0.25, -0.2) is 26.3 Å². The number of halogens is 6. The molecule has 4 rings (SSSR count). The summed E-state index contributed by atoms with van der Waals surface area (Å²) in [6.45, 7) is 0. The highest BCUT2D eigenvalue weighted by Gasteiger charge is 2.32. The predicted octanol–water partition coefficient (Wildman–Crippen LogP) is 7.64. The van der Waals surface area contributed by atoms with Crippen molar-refractivity contribution in [3.63, 3.8) is 0 Å². The number of hydrogen-bond acceptors (Lipinski definition) is 5. The Kier molecular flexibility index (Phi) is 7.77. The number of sulfonamides is 2. The Morgan fingerprint density at radius 1 is 0.676 bits per heavy atom. The Morgan fingerprint density at radius 3 is 1.57 bits per heavy atom. The molecule has 0 saturated heterocycles. The molecule has 4 aromatic carbocycles. The lowest BCUT2D eigenvalue weighted by Gasteiger charge is -2.27. The van der Waals surface area contributed by atoms with E-state index in [4.69, 9.17) is 74.7 Å². The zero-order valence-electron chi connectivity index (χ0n) is 17.9. The van der Waals surface area contributed by atoms with Crippen LogP contribution in [0, 0.1) is 0 Å². The lowest BCUT2D eigenvalue weighted by molar-refractivity contribution is 0.476. The molecular formula is C22H12Cl6N2O5S2. The summed E-state index contributed by atoms with van der Waals surface area (Å²) in [5.74, 6) is -0.269. The van der Waals surface area contributed by atoms with Gasteiger partial charge in [0.05, 0.1) is 51.3 Å². The molecule has 0 aliphatic carbocycles. The molecule has 0 amide bonds. The number of nitrogens with zero attached hydrogens (tertiary/aromatic N) is 1. The maximum Gasteiger partial charge on any atom is 0.269 e. The molecule has 0 radical (unpaired) electrons. The summed E-state index contributed by atoms with van der Waals surface area (Å²) < 4.78 is 53.8. The van der Waals surface area contributed by atoms with Gasteiger partial charge in [0.15, 0.2) is 0 Å². The zero-order valence-corrected chi connectivity index (χ0v) is 24.1. The Hall–Kier alpha value is -1.66. The van der Waals surface area contributed by atoms with E-state index in [1.54, 1.807) is 0 Å². The fourth-order valence-corrected chi connectivity index (χ4v) is 7.02. The maximum absolute atomic E-state index is 14.3. The molecule has 15 heteroatoms. The number of aromatic hydroxyl groups is 1. The lowest BCUT2D eigenvalue weighted by atomic mass is 10.1. The fourth-order valence-electron chi connectivity index (χ4n) is 3.51. The summed E-state index contributed by atoms with van der Waals surface area (Å²) in [5.41, 5.74) is -0.189. The monoisotopic (exact) mass is 658 g/mol. The van der Waals surface area contributed by atoms with Crippen molar-refractivity contribution in [3.05, 3.63) is 84.7 Å². The van der Waals surface area contributed by atoms with Crippen molar-refractivity contribution in [2.45, 2.75) is 9.79 Å². The van der Waals surface area contributed by atoms with Crippen LogP contribution in [-0.4, -0.2) is 21.9 Å². The second-order valence-electron chi connectivity index (χ2n) is 7.59. The summed E-state index contributed by atoms with van der Waals surface area (Å²) in [5, 5.41) is 15.2. The average Bonchev–Trinajstić information content (AvgIpc) is 2.79. The first-order chi connectivity index (χ1) is 17.1. The SMILES string of the molecule is NS(=O)(=O)c1cc(S(=O)(=O)N(c2cc(Cl)c(Cl)c(Cl)c2)c2cc(Cl)c(Cl)c(Cl)c2)c2cc(O)ccc2c1. The highest BCUT2D eigenvalue weighted by atomic mass is 35.5. The summed E-state index contributed by atoms with van der Waals surface area (Å²) >= 11 is 36.9. The van der Waals surface area contributed by atoms with E-state index in [0.29, 0.717) is 0 Å². The van der Waals surface area contributed by atoms with Crippen LogP contribution in [0.3, 0.4) is 0 Å². The smallest absolute Gasteiger partial charge is 0.269 e. The summed E-state index contributed by atoms with van der Waals surface area (Å²) in [6, 6.07) is 10.7. The van der Waals surface area contributed by atoms with Crippen LogP contribution in [-0.2, 0) is 20.0 Å². The number of rotatable bonds is 5. The minimum absolute atomic E-state index is 0.00489. The van der Waals surface area contributed by atoms with Gasteiger partial charge in [-0.05, 0) is 53.9 Å². The molecule has 0 heterocycles. The molecule has 0 bridgehead atoms. The molecule has 37 heavy (non-hydrogen) atoms. The number of benzene rings is 4. The van der Waals surface area contributed by atoms with Crippen LogP contribution < -0.4 is 9.44 Å². The van der Waals surface area contributed by atoms with Gasteiger partial charge in [-0.2, -0.15) is 0 Å². The van der Waals surface area contributed by atoms with E-state index in [1.165, 1.54) is 42.5 Å². The molecule has 0 fully saturated rings. The quantitative estimate of drug-likeness (QED) is 0.213. The van der Waals surface area contributed by atoms with Crippen LogP contribution in [0.1, 0.15) is 0 Å². The van der Waals surface area contributed by atoms with Crippen LogP contribution in [0.2, 0.25) is 30.1 Å². The fraction of sp³-hybridized carbons (Fsp3) is 0. The standard InChI is InChI=1S/C22H12Cl6N2O5S2/c23-16-4-11(5-17(24)21(16)27)30(12-6-18(25)22(28)19(26)7-12)37(34,35)20-9-14(36(29,32)33)3-10-1-2-13(31)8-15(10)20/h1-9,31H,(H2,29,32,33). The first kappa shape index (κ1) is 28.4.